The lowest BCUT2D eigenvalue weighted by Crippen LogP contribution is -2.21. The lowest BCUT2D eigenvalue weighted by atomic mass is 10.2. The van der Waals surface area contributed by atoms with Gasteiger partial charge >= 0.3 is 0 Å². The van der Waals surface area contributed by atoms with E-state index in [1.807, 2.05) is 0 Å². The van der Waals surface area contributed by atoms with Crippen LogP contribution in [0.4, 0.5) is 5.69 Å². The summed E-state index contributed by atoms with van der Waals surface area (Å²) in [6, 6.07) is 5.45. The van der Waals surface area contributed by atoms with Gasteiger partial charge < -0.3 is 19.8 Å². The number of benzene rings is 1. The number of carbonyl (C=O) groups excluding carboxylic acids is 2. The lowest BCUT2D eigenvalue weighted by molar-refractivity contribution is -0.302. The summed E-state index contributed by atoms with van der Waals surface area (Å²) >= 11 is 0. The van der Waals surface area contributed by atoms with E-state index in [4.69, 9.17) is 15.4 Å². The highest BCUT2D eigenvalue weighted by Crippen LogP contribution is 2.12. The highest BCUT2D eigenvalue weighted by Gasteiger charge is 1.91. The van der Waals surface area contributed by atoms with E-state index in [0.29, 0.717) is 5.69 Å². The van der Waals surface area contributed by atoms with Crippen LogP contribution in [0.3, 0.4) is 0 Å². The van der Waals surface area contributed by atoms with E-state index in [9.17, 15) is 9.90 Å². The molecule has 0 aliphatic rings. The minimum absolute atomic E-state index is 0.0619. The van der Waals surface area contributed by atoms with Crippen LogP contribution < -0.4 is 10.2 Å². The second kappa shape index (κ2) is 6.86. The first-order valence-corrected chi connectivity index (χ1v) is 4.01. The Bertz CT molecular complexity index is 396. The fourth-order valence-corrected chi connectivity index (χ4v) is 0.716. The van der Waals surface area contributed by atoms with E-state index < -0.39 is 11.9 Å². The van der Waals surface area contributed by atoms with Gasteiger partial charge in [0, 0.05) is 16.6 Å². The second-order valence-corrected chi connectivity index (χ2v) is 2.52. The Balaban J connectivity index is 0.000000487. The van der Waals surface area contributed by atoms with Crippen molar-refractivity contribution in [1.29, 1.82) is 0 Å². The van der Waals surface area contributed by atoms with Crippen LogP contribution in [0.15, 0.2) is 29.4 Å². The lowest BCUT2D eigenvalue weighted by Gasteiger charge is -2.00. The number of carboxylic acids is 2. The average Bonchev–Trinajstić information content (AvgIpc) is 2.18. The van der Waals surface area contributed by atoms with Crippen LogP contribution in [0.5, 0.6) is 0 Å². The highest BCUT2D eigenvalue weighted by molar-refractivity contribution is 5.86. The van der Waals surface area contributed by atoms with E-state index >= 15 is 0 Å². The van der Waals surface area contributed by atoms with Gasteiger partial charge in [-0.25, -0.2) is 0 Å². The monoisotopic (exact) mass is 221 g/mol. The zero-order valence-corrected chi connectivity index (χ0v) is 8.28. The number of aromatic carboxylic acids is 1. The van der Waals surface area contributed by atoms with Gasteiger partial charge in [0.15, 0.2) is 0 Å². The van der Waals surface area contributed by atoms with E-state index in [0.717, 1.165) is 6.92 Å². The van der Waals surface area contributed by atoms with Crippen LogP contribution >= 0.6 is 0 Å². The Morgan fingerprint density at radius 2 is 1.69 bits per heavy atom. The van der Waals surface area contributed by atoms with E-state index in [1.165, 1.54) is 24.3 Å². The van der Waals surface area contributed by atoms with E-state index in [2.05, 4.69) is 10.0 Å². The average molecular weight is 221 g/mol. The number of carboxylic acid groups (broad SMARTS) is 2. The van der Waals surface area contributed by atoms with E-state index in [1.54, 1.807) is 0 Å². The van der Waals surface area contributed by atoms with Crippen molar-refractivity contribution in [2.45, 2.75) is 6.92 Å². The summed E-state index contributed by atoms with van der Waals surface area (Å²) < 4.78 is 0. The molecule has 0 aromatic heterocycles. The van der Waals surface area contributed by atoms with Gasteiger partial charge in [-0.15, -0.1) is 0 Å². The molecule has 16 heavy (non-hydrogen) atoms. The summed E-state index contributed by atoms with van der Waals surface area (Å²) in [5.41, 5.74) is 8.47. The number of hydrogen-bond acceptors (Lipinski definition) is 5. The van der Waals surface area contributed by atoms with Crippen LogP contribution in [-0.2, 0) is 4.79 Å². The van der Waals surface area contributed by atoms with Crippen LogP contribution in [0.1, 0.15) is 17.3 Å². The molecule has 7 nitrogen and oxygen atoms in total. The molecule has 0 N–H and O–H groups in total. The fourth-order valence-electron chi connectivity index (χ4n) is 0.716. The number of hydrogen-bond donors (Lipinski definition) is 0. The molecular formula is C9H7N3O4-2. The normalized spacial score (nSPS) is 8.06. The minimum Gasteiger partial charge on any atom is -0.550 e. The topological polar surface area (TPSA) is 129 Å². The van der Waals surface area contributed by atoms with Crippen LogP contribution in [0.25, 0.3) is 10.4 Å². The van der Waals surface area contributed by atoms with Gasteiger partial charge in [-0.1, -0.05) is 29.4 Å². The van der Waals surface area contributed by atoms with Gasteiger partial charge in [-0.3, -0.25) is 0 Å². The summed E-state index contributed by atoms with van der Waals surface area (Å²) in [6.45, 7) is 0.972. The molecule has 7 heteroatoms. The number of rotatable bonds is 2. The van der Waals surface area contributed by atoms with Crippen LogP contribution in [0.2, 0.25) is 0 Å². The molecule has 0 radical (unpaired) electrons. The van der Waals surface area contributed by atoms with Crippen molar-refractivity contribution in [2.24, 2.45) is 5.11 Å². The summed E-state index contributed by atoms with van der Waals surface area (Å²) in [6.07, 6.45) is 0. The third-order valence-electron chi connectivity index (χ3n) is 1.26. The largest absolute Gasteiger partial charge is 0.550 e. The van der Waals surface area contributed by atoms with Crippen LogP contribution in [-0.4, -0.2) is 11.9 Å². The molecule has 1 aromatic carbocycles. The molecule has 0 atom stereocenters. The Hall–Kier alpha value is -2.53. The molecule has 84 valence electrons. The molecule has 1 rings (SSSR count). The number of aliphatic carboxylic acids is 1. The zero-order valence-electron chi connectivity index (χ0n) is 8.28. The van der Waals surface area contributed by atoms with Crippen molar-refractivity contribution in [3.8, 4) is 0 Å². The summed E-state index contributed by atoms with van der Waals surface area (Å²) in [5, 5.41) is 22.4. The van der Waals surface area contributed by atoms with Gasteiger partial charge in [0.2, 0.25) is 0 Å². The van der Waals surface area contributed by atoms with Gasteiger partial charge in [0.1, 0.15) is 0 Å². The highest BCUT2D eigenvalue weighted by atomic mass is 16.4. The number of azide groups is 1. The zero-order chi connectivity index (χ0) is 12.6. The predicted octanol–water partition coefficient (Wildman–Crippen LogP) is -0.252. The Kier molecular flexibility index (Phi) is 5.77. The summed E-state index contributed by atoms with van der Waals surface area (Å²) in [5.74, 6) is -2.33. The molecule has 0 saturated heterocycles. The molecule has 0 aliphatic heterocycles. The maximum Gasteiger partial charge on any atom is 0.0715 e. The Morgan fingerprint density at radius 3 is 2.00 bits per heavy atom. The molecule has 0 bridgehead atoms. The molecule has 0 heterocycles. The quantitative estimate of drug-likeness (QED) is 0.387. The SMILES string of the molecule is CC(=O)[O-].[N-]=[N+]=Nc1ccc(C(=O)[O-])cc1. The number of carbonyl (C=O) groups is 2. The maximum atomic E-state index is 10.3. The molecule has 1 aromatic rings. The summed E-state index contributed by atoms with van der Waals surface area (Å²) in [7, 11) is 0. The van der Waals surface area contributed by atoms with Gasteiger partial charge in [0.05, 0.1) is 5.97 Å². The third kappa shape index (κ3) is 6.01. The Labute approximate surface area is 90.6 Å². The molecule has 0 aliphatic carbocycles. The molecular weight excluding hydrogens is 214 g/mol. The summed E-state index contributed by atoms with van der Waals surface area (Å²) in [4.78, 5) is 21.7. The first-order chi connectivity index (χ1) is 7.47. The van der Waals surface area contributed by atoms with Crippen molar-refractivity contribution >= 4 is 17.6 Å². The Morgan fingerprint density at radius 1 is 1.25 bits per heavy atom. The fraction of sp³-hybridized carbons (Fsp3) is 0.111. The van der Waals surface area contributed by atoms with Crippen LogP contribution in [0, 0.1) is 0 Å². The second-order valence-electron chi connectivity index (χ2n) is 2.52. The molecule has 0 fully saturated rings. The van der Waals surface area contributed by atoms with Gasteiger partial charge in [-0.05, 0) is 18.0 Å². The van der Waals surface area contributed by atoms with Crippen molar-refractivity contribution in [3.63, 3.8) is 0 Å². The van der Waals surface area contributed by atoms with Crippen molar-refractivity contribution in [3.05, 3.63) is 40.3 Å². The smallest absolute Gasteiger partial charge is 0.0715 e. The first-order valence-electron chi connectivity index (χ1n) is 4.01. The van der Waals surface area contributed by atoms with Gasteiger partial charge in [-0.2, -0.15) is 0 Å². The van der Waals surface area contributed by atoms with Crippen molar-refractivity contribution < 1.29 is 19.8 Å². The maximum absolute atomic E-state index is 10.3. The third-order valence-corrected chi connectivity index (χ3v) is 1.26. The standard InChI is InChI=1S/C7H5N3O2.C2H4O2/c8-10-9-6-3-1-5(2-4-6)7(11)12;1-2(3)4/h1-4H,(H,11,12);1H3,(H,3,4)/p-2. The van der Waals surface area contributed by atoms with Crippen molar-refractivity contribution in [2.75, 3.05) is 0 Å². The minimum atomic E-state index is -1.25. The molecule has 0 saturated carbocycles. The van der Waals surface area contributed by atoms with Gasteiger partial charge in [0.25, 0.3) is 0 Å². The molecule has 0 amide bonds. The van der Waals surface area contributed by atoms with Crippen molar-refractivity contribution in [1.82, 2.24) is 0 Å². The van der Waals surface area contributed by atoms with E-state index in [-0.39, 0.29) is 5.56 Å². The number of nitrogens with zero attached hydrogens (tertiary/aromatic N) is 3. The predicted molar refractivity (Wildman–Crippen MR) is 50.3 cm³/mol. The molecule has 0 unspecified atom stereocenters. The molecule has 0 spiro atoms. The first kappa shape index (κ1) is 13.5.